The van der Waals surface area contributed by atoms with Crippen molar-refractivity contribution < 1.29 is 13.2 Å². The van der Waals surface area contributed by atoms with Crippen LogP contribution in [-0.2, 0) is 10.0 Å². The summed E-state index contributed by atoms with van der Waals surface area (Å²) >= 11 is 0. The number of halogens is 1. The molecule has 9 heteroatoms. The molecule has 2 aromatic heterocycles. The highest BCUT2D eigenvalue weighted by atomic mass is 35.5. The first kappa shape index (κ1) is 18.0. The summed E-state index contributed by atoms with van der Waals surface area (Å²) in [5.41, 5.74) is 0.335. The van der Waals surface area contributed by atoms with Crippen molar-refractivity contribution in [3.8, 4) is 5.88 Å². The van der Waals surface area contributed by atoms with E-state index in [9.17, 15) is 8.42 Å². The molecule has 7 nitrogen and oxygen atoms in total. The van der Waals surface area contributed by atoms with E-state index >= 15 is 0 Å². The van der Waals surface area contributed by atoms with E-state index in [1.807, 2.05) is 6.07 Å². The number of fused-ring (bicyclic) bond motifs is 1. The Morgan fingerprint density at radius 2 is 2.00 bits per heavy atom. The minimum atomic E-state index is -3.53. The fourth-order valence-corrected chi connectivity index (χ4v) is 4.39. The number of hydrogen-bond acceptors (Lipinski definition) is 5. The molecule has 23 heavy (non-hydrogen) atoms. The van der Waals surface area contributed by atoms with Gasteiger partial charge in [-0.15, -0.1) is 17.5 Å². The first-order chi connectivity index (χ1) is 10.5. The molecule has 3 rings (SSSR count). The molecule has 2 aromatic rings. The second-order valence-electron chi connectivity index (χ2n) is 6.06. The van der Waals surface area contributed by atoms with E-state index in [1.54, 1.807) is 23.0 Å². The van der Waals surface area contributed by atoms with E-state index in [4.69, 9.17) is 9.88 Å². The maximum absolute atomic E-state index is 11.6. The maximum Gasteiger partial charge on any atom is 0.231 e. The second-order valence-corrected chi connectivity index (χ2v) is 7.67. The van der Waals surface area contributed by atoms with Crippen LogP contribution in [0.25, 0.3) is 5.65 Å². The van der Waals surface area contributed by atoms with Crippen molar-refractivity contribution in [2.75, 3.05) is 12.4 Å². The van der Waals surface area contributed by atoms with Gasteiger partial charge in [-0.25, -0.2) is 23.1 Å². The van der Waals surface area contributed by atoms with Gasteiger partial charge >= 0.3 is 0 Å². The smallest absolute Gasteiger partial charge is 0.231 e. The third-order valence-corrected chi connectivity index (χ3v) is 5.19. The molecule has 0 spiro atoms. The van der Waals surface area contributed by atoms with Crippen molar-refractivity contribution in [2.24, 2.45) is 10.6 Å². The first-order valence-electron chi connectivity index (χ1n) is 7.40. The average Bonchev–Trinajstić information content (AvgIpc) is 2.92. The topological polar surface area (TPSA) is 99.6 Å². The van der Waals surface area contributed by atoms with Gasteiger partial charge in [0.25, 0.3) is 0 Å². The van der Waals surface area contributed by atoms with Crippen LogP contribution in [0.1, 0.15) is 32.1 Å². The van der Waals surface area contributed by atoms with E-state index in [0.29, 0.717) is 12.5 Å². The van der Waals surface area contributed by atoms with Crippen molar-refractivity contribution in [1.82, 2.24) is 14.6 Å². The molecule has 1 aliphatic carbocycles. The molecule has 1 saturated carbocycles. The molecular formula is C14H21ClN4O3S. The molecule has 0 radical (unpaired) electrons. The average molecular weight is 361 g/mol. The molecule has 0 atom stereocenters. The summed E-state index contributed by atoms with van der Waals surface area (Å²) in [4.78, 5) is 4.12. The summed E-state index contributed by atoms with van der Waals surface area (Å²) in [6, 6.07) is 3.56. The Labute approximate surface area is 141 Å². The van der Waals surface area contributed by atoms with Crippen molar-refractivity contribution >= 4 is 28.1 Å². The van der Waals surface area contributed by atoms with Crippen molar-refractivity contribution in [3.63, 3.8) is 0 Å². The number of nitrogens with zero attached hydrogens (tertiary/aromatic N) is 3. The van der Waals surface area contributed by atoms with E-state index < -0.39 is 15.4 Å². The molecule has 0 aromatic carbocycles. The number of hydrogen-bond donors (Lipinski definition) is 1. The van der Waals surface area contributed by atoms with Crippen LogP contribution in [0.2, 0.25) is 0 Å². The van der Waals surface area contributed by atoms with Gasteiger partial charge in [-0.3, -0.25) is 0 Å². The zero-order valence-corrected chi connectivity index (χ0v) is 14.4. The molecule has 1 fully saturated rings. The van der Waals surface area contributed by atoms with Crippen LogP contribution in [0.5, 0.6) is 5.88 Å². The highest BCUT2D eigenvalue weighted by Crippen LogP contribution is 2.37. The monoisotopic (exact) mass is 360 g/mol. The number of sulfonamides is 1. The van der Waals surface area contributed by atoms with Gasteiger partial charge in [0.2, 0.25) is 15.9 Å². The van der Waals surface area contributed by atoms with E-state index in [2.05, 4.69) is 10.1 Å². The molecule has 2 heterocycles. The van der Waals surface area contributed by atoms with E-state index in [-0.39, 0.29) is 18.2 Å². The summed E-state index contributed by atoms with van der Waals surface area (Å²) in [5, 5.41) is 9.57. The Morgan fingerprint density at radius 3 is 2.70 bits per heavy atom. The Kier molecular flexibility index (Phi) is 5.49. The first-order valence-corrected chi connectivity index (χ1v) is 9.11. The number of primary sulfonamides is 1. The molecule has 0 unspecified atom stereocenters. The molecule has 0 aliphatic heterocycles. The van der Waals surface area contributed by atoms with Gasteiger partial charge in [0.15, 0.2) is 5.65 Å². The van der Waals surface area contributed by atoms with Crippen molar-refractivity contribution in [2.45, 2.75) is 32.1 Å². The number of imidazole rings is 1. The van der Waals surface area contributed by atoms with E-state index in [0.717, 1.165) is 37.8 Å². The molecule has 0 amide bonds. The van der Waals surface area contributed by atoms with Gasteiger partial charge in [-0.2, -0.15) is 0 Å². The normalized spacial score (nSPS) is 17.6. The summed E-state index contributed by atoms with van der Waals surface area (Å²) in [7, 11) is -3.53. The highest BCUT2D eigenvalue weighted by Gasteiger charge is 2.36. The van der Waals surface area contributed by atoms with Crippen LogP contribution in [0.3, 0.4) is 0 Å². The number of ether oxygens (including phenoxy) is 1. The standard InChI is InChI=1S/C14H20N4O3S.ClH/c15-22(19,20)11-14(6-2-1-3-7-14)10-21-13-5-4-12-16-8-9-18(12)17-13;/h4-5,8-9H,1-3,6-7,10-11H2,(H2,15,19,20);1H. The predicted molar refractivity (Wildman–Crippen MR) is 89.2 cm³/mol. The van der Waals surface area contributed by atoms with Crippen LogP contribution in [0.15, 0.2) is 24.5 Å². The largest absolute Gasteiger partial charge is 0.476 e. The summed E-state index contributed by atoms with van der Waals surface area (Å²) in [5.74, 6) is 0.428. The summed E-state index contributed by atoms with van der Waals surface area (Å²) in [6.45, 7) is 0.316. The lowest BCUT2D eigenvalue weighted by Gasteiger charge is -2.35. The SMILES string of the molecule is Cl.NS(=O)(=O)CC1(COc2ccc3nccn3n2)CCCCC1. The third-order valence-electron chi connectivity index (χ3n) is 4.18. The van der Waals surface area contributed by atoms with Gasteiger partial charge in [-0.1, -0.05) is 19.3 Å². The fraction of sp³-hybridized carbons (Fsp3) is 0.571. The van der Waals surface area contributed by atoms with Crippen LogP contribution in [0, 0.1) is 5.41 Å². The van der Waals surface area contributed by atoms with Crippen LogP contribution in [-0.4, -0.2) is 35.4 Å². The predicted octanol–water partition coefficient (Wildman–Crippen LogP) is 1.77. The lowest BCUT2D eigenvalue weighted by atomic mass is 9.76. The van der Waals surface area contributed by atoms with Gasteiger partial charge < -0.3 is 4.74 Å². The maximum atomic E-state index is 11.6. The Morgan fingerprint density at radius 1 is 1.26 bits per heavy atom. The lowest BCUT2D eigenvalue weighted by molar-refractivity contribution is 0.114. The molecule has 1 aliphatic rings. The Bertz CT molecular complexity index is 756. The molecule has 0 saturated heterocycles. The Hall–Kier alpha value is -1.38. The fourth-order valence-electron chi connectivity index (χ4n) is 3.16. The Balaban J connectivity index is 0.00000192. The van der Waals surface area contributed by atoms with Gasteiger partial charge in [-0.05, 0) is 18.9 Å². The quantitative estimate of drug-likeness (QED) is 0.875. The molecule has 2 N–H and O–H groups in total. The number of nitrogens with two attached hydrogens (primary N) is 1. The molecule has 128 valence electrons. The van der Waals surface area contributed by atoms with Crippen molar-refractivity contribution in [1.29, 1.82) is 0 Å². The minimum Gasteiger partial charge on any atom is -0.476 e. The molecular weight excluding hydrogens is 340 g/mol. The second kappa shape index (κ2) is 7.02. The third kappa shape index (κ3) is 4.55. The van der Waals surface area contributed by atoms with Crippen LogP contribution < -0.4 is 9.88 Å². The zero-order valence-electron chi connectivity index (χ0n) is 12.7. The zero-order chi connectivity index (χ0) is 15.6. The van der Waals surface area contributed by atoms with Gasteiger partial charge in [0, 0.05) is 23.9 Å². The van der Waals surface area contributed by atoms with Crippen molar-refractivity contribution in [3.05, 3.63) is 24.5 Å². The summed E-state index contributed by atoms with van der Waals surface area (Å²) < 4.78 is 30.5. The van der Waals surface area contributed by atoms with Gasteiger partial charge in [0.1, 0.15) is 0 Å². The number of rotatable bonds is 5. The van der Waals surface area contributed by atoms with Crippen LogP contribution in [0.4, 0.5) is 0 Å². The minimum absolute atomic E-state index is 0. The number of aromatic nitrogens is 3. The summed E-state index contributed by atoms with van der Waals surface area (Å²) in [6.07, 6.45) is 8.18. The lowest BCUT2D eigenvalue weighted by Crippen LogP contribution is -2.40. The van der Waals surface area contributed by atoms with Gasteiger partial charge in [0.05, 0.1) is 12.4 Å². The highest BCUT2D eigenvalue weighted by molar-refractivity contribution is 7.89. The molecule has 0 bridgehead atoms. The van der Waals surface area contributed by atoms with E-state index in [1.165, 1.54) is 0 Å². The van der Waals surface area contributed by atoms with Crippen LogP contribution >= 0.6 is 12.4 Å².